The normalized spacial score (nSPS) is 10.7. The predicted molar refractivity (Wildman–Crippen MR) is 80.3 cm³/mol. The van der Waals surface area contributed by atoms with Gasteiger partial charge in [0.25, 0.3) is 0 Å². The summed E-state index contributed by atoms with van der Waals surface area (Å²) >= 11 is 0. The number of ether oxygens (including phenoxy) is 1. The summed E-state index contributed by atoms with van der Waals surface area (Å²) in [5, 5.41) is 3.21. The van der Waals surface area contributed by atoms with Gasteiger partial charge in [-0.25, -0.2) is 8.78 Å². The highest BCUT2D eigenvalue weighted by Crippen LogP contribution is 2.31. The largest absolute Gasteiger partial charge is 0.494 e. The monoisotopic (exact) mass is 291 g/mol. The Hall–Kier alpha value is -1.94. The smallest absolute Gasteiger partial charge is 0.172 e. The van der Waals surface area contributed by atoms with Crippen molar-refractivity contribution in [2.24, 2.45) is 0 Å². The van der Waals surface area contributed by atoms with Crippen LogP contribution in [0.25, 0.3) is 11.1 Å². The highest BCUT2D eigenvalue weighted by atomic mass is 19.1. The molecule has 112 valence electrons. The Morgan fingerprint density at radius 3 is 2.57 bits per heavy atom. The van der Waals surface area contributed by atoms with Gasteiger partial charge in [0.1, 0.15) is 5.82 Å². The lowest BCUT2D eigenvalue weighted by molar-refractivity contribution is 0.387. The Balaban J connectivity index is 2.29. The van der Waals surface area contributed by atoms with Crippen molar-refractivity contribution in [3.05, 3.63) is 53.6 Å². The molecular formula is C17H19F2NO. The molecule has 0 aliphatic heterocycles. The summed E-state index contributed by atoms with van der Waals surface area (Å²) in [6.07, 6.45) is 1.02. The topological polar surface area (TPSA) is 21.3 Å². The van der Waals surface area contributed by atoms with Crippen LogP contribution >= 0.6 is 0 Å². The van der Waals surface area contributed by atoms with Gasteiger partial charge in [-0.2, -0.15) is 0 Å². The fourth-order valence-electron chi connectivity index (χ4n) is 2.17. The van der Waals surface area contributed by atoms with E-state index in [9.17, 15) is 8.78 Å². The van der Waals surface area contributed by atoms with Crippen molar-refractivity contribution in [2.45, 2.75) is 19.9 Å². The first-order valence-corrected chi connectivity index (χ1v) is 6.99. The zero-order valence-corrected chi connectivity index (χ0v) is 12.2. The summed E-state index contributed by atoms with van der Waals surface area (Å²) in [5.41, 5.74) is 1.29. The minimum atomic E-state index is -0.546. The summed E-state index contributed by atoms with van der Waals surface area (Å²) in [6.45, 7) is 3.56. The van der Waals surface area contributed by atoms with Crippen LogP contribution in [0.4, 0.5) is 8.78 Å². The molecule has 0 fully saturated rings. The molecule has 0 amide bonds. The van der Waals surface area contributed by atoms with Gasteiger partial charge in [-0.15, -0.1) is 0 Å². The molecule has 0 aliphatic rings. The van der Waals surface area contributed by atoms with Crippen molar-refractivity contribution in [3.8, 4) is 16.9 Å². The summed E-state index contributed by atoms with van der Waals surface area (Å²) in [4.78, 5) is 0. The van der Waals surface area contributed by atoms with Crippen molar-refractivity contribution in [1.82, 2.24) is 5.32 Å². The van der Waals surface area contributed by atoms with Gasteiger partial charge in [0.2, 0.25) is 0 Å². The lowest BCUT2D eigenvalue weighted by atomic mass is 10.0. The van der Waals surface area contributed by atoms with Gasteiger partial charge in [0, 0.05) is 17.7 Å². The average Bonchev–Trinajstić information content (AvgIpc) is 2.48. The van der Waals surface area contributed by atoms with E-state index in [2.05, 4.69) is 12.2 Å². The Kier molecular flexibility index (Phi) is 5.28. The van der Waals surface area contributed by atoms with E-state index in [-0.39, 0.29) is 16.9 Å². The lowest BCUT2D eigenvalue weighted by Crippen LogP contribution is -2.13. The number of benzene rings is 2. The third-order valence-corrected chi connectivity index (χ3v) is 3.26. The van der Waals surface area contributed by atoms with Gasteiger partial charge in [-0.3, -0.25) is 0 Å². The van der Waals surface area contributed by atoms with Crippen LogP contribution in [0, 0.1) is 11.6 Å². The van der Waals surface area contributed by atoms with Crippen LogP contribution in [0.1, 0.15) is 18.9 Å². The van der Waals surface area contributed by atoms with E-state index in [1.165, 1.54) is 19.2 Å². The van der Waals surface area contributed by atoms with Crippen LogP contribution in [0.3, 0.4) is 0 Å². The molecule has 1 N–H and O–H groups in total. The summed E-state index contributed by atoms with van der Waals surface area (Å²) in [7, 11) is 1.39. The first-order valence-electron chi connectivity index (χ1n) is 6.99. The van der Waals surface area contributed by atoms with Crippen molar-refractivity contribution in [3.63, 3.8) is 0 Å². The first kappa shape index (κ1) is 15.4. The van der Waals surface area contributed by atoms with E-state index in [1.807, 2.05) is 0 Å². The molecule has 0 unspecified atom stereocenters. The third kappa shape index (κ3) is 3.58. The Labute approximate surface area is 123 Å². The van der Waals surface area contributed by atoms with E-state index in [1.54, 1.807) is 24.3 Å². The van der Waals surface area contributed by atoms with E-state index < -0.39 is 11.6 Å². The number of nitrogens with one attached hydrogen (secondary N) is 1. The number of hydrogen-bond acceptors (Lipinski definition) is 2. The highest BCUT2D eigenvalue weighted by molar-refractivity contribution is 5.67. The average molecular weight is 291 g/mol. The molecule has 0 radical (unpaired) electrons. The number of halogens is 2. The van der Waals surface area contributed by atoms with Crippen LogP contribution in [-0.2, 0) is 6.54 Å². The molecule has 0 spiro atoms. The van der Waals surface area contributed by atoms with Crippen LogP contribution < -0.4 is 10.1 Å². The minimum Gasteiger partial charge on any atom is -0.494 e. The molecule has 0 heterocycles. The van der Waals surface area contributed by atoms with Gasteiger partial charge >= 0.3 is 0 Å². The predicted octanol–water partition coefficient (Wildman–Crippen LogP) is 4.14. The molecule has 4 heteroatoms. The molecular weight excluding hydrogens is 272 g/mol. The van der Waals surface area contributed by atoms with Crippen molar-refractivity contribution >= 4 is 0 Å². The Bertz CT molecular complexity index is 614. The lowest BCUT2D eigenvalue weighted by Gasteiger charge is -2.10. The quantitative estimate of drug-likeness (QED) is 0.808. The molecule has 0 saturated carbocycles. The van der Waals surface area contributed by atoms with Crippen molar-refractivity contribution < 1.29 is 13.5 Å². The first-order chi connectivity index (χ1) is 10.2. The molecule has 21 heavy (non-hydrogen) atoms. The highest BCUT2D eigenvalue weighted by Gasteiger charge is 2.14. The number of methoxy groups -OCH3 is 1. The molecule has 2 aromatic rings. The third-order valence-electron chi connectivity index (χ3n) is 3.26. The second-order valence-corrected chi connectivity index (χ2v) is 4.81. The molecule has 2 rings (SSSR count). The Morgan fingerprint density at radius 2 is 1.90 bits per heavy atom. The standard InChI is InChI=1S/C17H19F2NO/c1-3-9-20-11-12-7-8-13(15(18)10-12)14-5-4-6-16(21-2)17(14)19/h4-8,10,20H,3,9,11H2,1-2H3. The van der Waals surface area contributed by atoms with Crippen LogP contribution in [-0.4, -0.2) is 13.7 Å². The van der Waals surface area contributed by atoms with Gasteiger partial charge < -0.3 is 10.1 Å². The van der Waals surface area contributed by atoms with Gasteiger partial charge in [0.15, 0.2) is 11.6 Å². The SMILES string of the molecule is CCCNCc1ccc(-c2cccc(OC)c2F)c(F)c1. The molecule has 0 atom stereocenters. The second-order valence-electron chi connectivity index (χ2n) is 4.81. The summed E-state index contributed by atoms with van der Waals surface area (Å²) in [6, 6.07) is 9.56. The molecule has 2 aromatic carbocycles. The molecule has 0 aromatic heterocycles. The number of rotatable bonds is 6. The summed E-state index contributed by atoms with van der Waals surface area (Å²) < 4.78 is 33.3. The van der Waals surface area contributed by atoms with Crippen LogP contribution in [0.2, 0.25) is 0 Å². The fourth-order valence-corrected chi connectivity index (χ4v) is 2.17. The van der Waals surface area contributed by atoms with E-state index in [0.29, 0.717) is 6.54 Å². The maximum Gasteiger partial charge on any atom is 0.172 e. The van der Waals surface area contributed by atoms with Gasteiger partial charge in [0.05, 0.1) is 7.11 Å². The van der Waals surface area contributed by atoms with E-state index in [4.69, 9.17) is 4.74 Å². The fraction of sp³-hybridized carbons (Fsp3) is 0.294. The zero-order chi connectivity index (χ0) is 15.2. The maximum absolute atomic E-state index is 14.2. The zero-order valence-electron chi connectivity index (χ0n) is 12.2. The second kappa shape index (κ2) is 7.18. The van der Waals surface area contributed by atoms with Crippen molar-refractivity contribution in [2.75, 3.05) is 13.7 Å². The van der Waals surface area contributed by atoms with E-state index >= 15 is 0 Å². The molecule has 0 saturated heterocycles. The van der Waals surface area contributed by atoms with Crippen LogP contribution in [0.5, 0.6) is 5.75 Å². The van der Waals surface area contributed by atoms with Crippen molar-refractivity contribution in [1.29, 1.82) is 0 Å². The summed E-state index contributed by atoms with van der Waals surface area (Å²) in [5.74, 6) is -0.866. The number of hydrogen-bond donors (Lipinski definition) is 1. The molecule has 2 nitrogen and oxygen atoms in total. The minimum absolute atomic E-state index is 0.112. The molecule has 0 aliphatic carbocycles. The van der Waals surface area contributed by atoms with Gasteiger partial charge in [-0.1, -0.05) is 31.2 Å². The molecule has 0 bridgehead atoms. The maximum atomic E-state index is 14.2. The van der Waals surface area contributed by atoms with Gasteiger partial charge in [-0.05, 0) is 30.7 Å². The Morgan fingerprint density at radius 1 is 1.10 bits per heavy atom. The van der Waals surface area contributed by atoms with Crippen LogP contribution in [0.15, 0.2) is 36.4 Å². The van der Waals surface area contributed by atoms with E-state index in [0.717, 1.165) is 18.5 Å².